The number of aliphatic hydroxyl groups is 1. The number of hydrogen-bond donors (Lipinski definition) is 3. The summed E-state index contributed by atoms with van der Waals surface area (Å²) in [6, 6.07) is 11.8. The van der Waals surface area contributed by atoms with Gasteiger partial charge in [-0.1, -0.05) is 47.6 Å². The molecule has 5 heterocycles. The Morgan fingerprint density at radius 2 is 1.93 bits per heavy atom. The lowest BCUT2D eigenvalue weighted by atomic mass is 9.90. The average molecular weight is 552 g/mol. The number of benzene rings is 1. The molecule has 3 aromatic heterocycles. The second kappa shape index (κ2) is 11.0. The molecule has 0 spiro atoms. The number of morpholine rings is 1. The summed E-state index contributed by atoms with van der Waals surface area (Å²) in [5.41, 5.74) is 4.13. The van der Waals surface area contributed by atoms with Crippen LogP contribution in [0.1, 0.15) is 12.0 Å². The zero-order valence-corrected chi connectivity index (χ0v) is 22.2. The number of aliphatic hydroxyl groups excluding tert-OH is 1. The molecule has 208 valence electrons. The Kier molecular flexibility index (Phi) is 6.75. The molecule has 1 saturated heterocycles. The van der Waals surface area contributed by atoms with Crippen LogP contribution >= 0.6 is 0 Å². The lowest BCUT2D eigenvalue weighted by molar-refractivity contribution is 0.122. The van der Waals surface area contributed by atoms with E-state index in [0.717, 1.165) is 34.9 Å². The van der Waals surface area contributed by atoms with Gasteiger partial charge in [-0.2, -0.15) is 0 Å². The fourth-order valence-electron chi connectivity index (χ4n) is 5.21. The second-order valence-corrected chi connectivity index (χ2v) is 9.93. The predicted molar refractivity (Wildman–Crippen MR) is 154 cm³/mol. The van der Waals surface area contributed by atoms with E-state index >= 15 is 0 Å². The molecule has 1 aromatic carbocycles. The summed E-state index contributed by atoms with van der Waals surface area (Å²) in [7, 11) is 0. The van der Waals surface area contributed by atoms with E-state index in [1.807, 2.05) is 54.7 Å². The van der Waals surface area contributed by atoms with Gasteiger partial charge in [0.2, 0.25) is 0 Å². The minimum Gasteiger partial charge on any atom is -0.403 e. The van der Waals surface area contributed by atoms with Gasteiger partial charge >= 0.3 is 6.01 Å². The van der Waals surface area contributed by atoms with Crippen LogP contribution in [0.25, 0.3) is 17.1 Å². The lowest BCUT2D eigenvalue weighted by Gasteiger charge is -2.27. The maximum Gasteiger partial charge on any atom is 0.317 e. The molecule has 0 saturated carbocycles. The Morgan fingerprint density at radius 3 is 2.76 bits per heavy atom. The summed E-state index contributed by atoms with van der Waals surface area (Å²) in [6.07, 6.45) is 12.6. The second-order valence-electron chi connectivity index (χ2n) is 9.93. The Labute approximate surface area is 236 Å². The van der Waals surface area contributed by atoms with Crippen molar-refractivity contribution >= 4 is 23.2 Å². The third kappa shape index (κ3) is 5.10. The molecular weight excluding hydrogens is 522 g/mol. The van der Waals surface area contributed by atoms with Crippen LogP contribution in [-0.2, 0) is 4.74 Å². The molecule has 0 amide bonds. The van der Waals surface area contributed by atoms with Gasteiger partial charge in [0.05, 0.1) is 30.8 Å². The monoisotopic (exact) mass is 551 g/mol. The third-order valence-corrected chi connectivity index (χ3v) is 7.26. The van der Waals surface area contributed by atoms with Gasteiger partial charge in [-0.25, -0.2) is 4.68 Å². The molecule has 4 aromatic rings. The molecule has 3 atom stereocenters. The van der Waals surface area contributed by atoms with Crippen LogP contribution in [0.5, 0.6) is 0 Å². The van der Waals surface area contributed by atoms with Gasteiger partial charge in [0, 0.05) is 42.7 Å². The van der Waals surface area contributed by atoms with E-state index in [2.05, 4.69) is 42.9 Å². The van der Waals surface area contributed by atoms with Crippen molar-refractivity contribution in [2.24, 2.45) is 10.9 Å². The summed E-state index contributed by atoms with van der Waals surface area (Å²) in [4.78, 5) is 11.3. The van der Waals surface area contributed by atoms with Crippen LogP contribution in [0, 0.1) is 5.92 Å². The molecule has 2 aliphatic heterocycles. The van der Waals surface area contributed by atoms with E-state index in [9.17, 15) is 5.11 Å². The highest BCUT2D eigenvalue weighted by atomic mass is 16.5. The summed E-state index contributed by atoms with van der Waals surface area (Å²) < 4.78 is 13.4. The fraction of sp³-hybridized carbons (Fsp3) is 0.276. The van der Waals surface area contributed by atoms with Crippen LogP contribution in [0.15, 0.2) is 88.7 Å². The predicted octanol–water partition coefficient (Wildman–Crippen LogP) is 3.26. The minimum absolute atomic E-state index is 0.0743. The van der Waals surface area contributed by atoms with E-state index in [0.29, 0.717) is 37.8 Å². The first kappa shape index (κ1) is 25.2. The number of allylic oxidation sites excluding steroid dienone is 4. The van der Waals surface area contributed by atoms with Gasteiger partial charge in [0.25, 0.3) is 5.89 Å². The highest BCUT2D eigenvalue weighted by Crippen LogP contribution is 2.33. The number of nitrogens with zero attached hydrogens (tertiary/aromatic N) is 7. The van der Waals surface area contributed by atoms with E-state index < -0.39 is 12.4 Å². The van der Waals surface area contributed by atoms with Gasteiger partial charge in [0.15, 0.2) is 18.2 Å². The molecule has 3 aliphatic rings. The minimum atomic E-state index is -1.04. The van der Waals surface area contributed by atoms with Crippen molar-refractivity contribution in [2.75, 3.05) is 41.8 Å². The van der Waals surface area contributed by atoms with Gasteiger partial charge < -0.3 is 29.8 Å². The highest BCUT2D eigenvalue weighted by molar-refractivity contribution is 6.08. The van der Waals surface area contributed by atoms with Crippen molar-refractivity contribution < 1.29 is 14.3 Å². The van der Waals surface area contributed by atoms with Crippen molar-refractivity contribution in [1.82, 2.24) is 25.0 Å². The Morgan fingerprint density at radius 1 is 1.02 bits per heavy atom. The number of aromatic nitrogens is 5. The summed E-state index contributed by atoms with van der Waals surface area (Å²) in [5, 5.41) is 30.8. The first-order valence-electron chi connectivity index (χ1n) is 13.6. The van der Waals surface area contributed by atoms with Crippen molar-refractivity contribution in [3.63, 3.8) is 0 Å². The van der Waals surface area contributed by atoms with Crippen molar-refractivity contribution in [3.05, 3.63) is 84.9 Å². The first-order valence-corrected chi connectivity index (χ1v) is 13.6. The highest BCUT2D eigenvalue weighted by Gasteiger charge is 2.30. The Balaban J connectivity index is 1.21. The van der Waals surface area contributed by atoms with Crippen LogP contribution in [0.2, 0.25) is 0 Å². The smallest absolute Gasteiger partial charge is 0.317 e. The molecule has 1 fully saturated rings. The first-order chi connectivity index (χ1) is 20.2. The average Bonchev–Trinajstić information content (AvgIpc) is 3.65. The zero-order valence-electron chi connectivity index (χ0n) is 22.2. The normalized spacial score (nSPS) is 22.0. The van der Waals surface area contributed by atoms with E-state index in [4.69, 9.17) is 19.2 Å². The molecule has 41 heavy (non-hydrogen) atoms. The van der Waals surface area contributed by atoms with Crippen LogP contribution in [0.3, 0.4) is 0 Å². The molecule has 12 heteroatoms. The largest absolute Gasteiger partial charge is 0.403 e. The number of ether oxygens (including phenoxy) is 1. The Bertz CT molecular complexity index is 1600. The SMILES string of the molecule is OC1Nc2ccccc2C(C2C=CC=CC2)=N[C@@H]1Nc1nnc(-c2cn(-c3cccnc3)nc2N2CCOCC2)o1. The number of hydrogen-bond acceptors (Lipinski definition) is 11. The standard InChI is InChI=1S/C29H29N9O3/c39-27-25(32-24(19-7-2-1-3-8-19)21-10-4-5-11-23(21)31-27)33-29-35-34-28(41-29)22-18-38(20-9-6-12-30-17-20)36-26(22)37-13-15-40-16-14-37/h1-7,9-12,17-19,25,27,31,39H,8,13-16H2,(H,33,35)/t19?,25-,27?/m1/s1. The molecule has 7 rings (SSSR count). The lowest BCUT2D eigenvalue weighted by Crippen LogP contribution is -2.37. The molecule has 3 N–H and O–H groups in total. The topological polar surface area (TPSA) is 139 Å². The molecule has 1 aliphatic carbocycles. The summed E-state index contributed by atoms with van der Waals surface area (Å²) >= 11 is 0. The molecule has 2 unspecified atom stereocenters. The van der Waals surface area contributed by atoms with Crippen molar-refractivity contribution in [3.8, 4) is 17.1 Å². The summed E-state index contributed by atoms with van der Waals surface area (Å²) in [5.74, 6) is 1.09. The van der Waals surface area contributed by atoms with E-state index in [1.165, 1.54) is 0 Å². The van der Waals surface area contributed by atoms with Gasteiger partial charge in [-0.15, -0.1) is 10.2 Å². The third-order valence-electron chi connectivity index (χ3n) is 7.26. The molecule has 12 nitrogen and oxygen atoms in total. The van der Waals surface area contributed by atoms with Crippen LogP contribution in [-0.4, -0.2) is 74.5 Å². The molecule has 0 bridgehead atoms. The zero-order chi connectivity index (χ0) is 27.6. The van der Waals surface area contributed by atoms with Crippen molar-refractivity contribution in [2.45, 2.75) is 18.8 Å². The maximum absolute atomic E-state index is 11.1. The quantitative estimate of drug-likeness (QED) is 0.327. The number of nitrogens with one attached hydrogen (secondary N) is 2. The number of para-hydroxylation sites is 1. The van der Waals surface area contributed by atoms with Gasteiger partial charge in [-0.3, -0.25) is 9.98 Å². The fourth-order valence-corrected chi connectivity index (χ4v) is 5.21. The van der Waals surface area contributed by atoms with Gasteiger partial charge in [-0.05, 0) is 24.6 Å². The van der Waals surface area contributed by atoms with Crippen LogP contribution in [0.4, 0.5) is 17.5 Å². The van der Waals surface area contributed by atoms with E-state index in [1.54, 1.807) is 17.1 Å². The number of rotatable bonds is 6. The maximum atomic E-state index is 11.1. The number of pyridine rings is 1. The van der Waals surface area contributed by atoms with Crippen molar-refractivity contribution in [1.29, 1.82) is 0 Å². The van der Waals surface area contributed by atoms with Gasteiger partial charge in [0.1, 0.15) is 5.56 Å². The molecular formula is C29H29N9O3. The molecule has 0 radical (unpaired) electrons. The number of anilines is 3. The number of benzodiazepines with no additional fused rings is 1. The Hall–Kier alpha value is -4.81. The summed E-state index contributed by atoms with van der Waals surface area (Å²) in [6.45, 7) is 2.60. The van der Waals surface area contributed by atoms with Crippen LogP contribution < -0.4 is 15.5 Å². The number of fused-ring (bicyclic) bond motifs is 1. The van der Waals surface area contributed by atoms with E-state index in [-0.39, 0.29) is 11.9 Å². The number of aliphatic imine (C=N–C) groups is 1.